The molecule has 1 fully saturated rings. The van der Waals surface area contributed by atoms with Crippen molar-refractivity contribution in [1.82, 2.24) is 15.1 Å². The van der Waals surface area contributed by atoms with Crippen LogP contribution in [-0.4, -0.2) is 53.5 Å². The molecule has 1 aliphatic heterocycles. The van der Waals surface area contributed by atoms with Gasteiger partial charge in [-0.2, -0.15) is 0 Å². The van der Waals surface area contributed by atoms with Crippen LogP contribution >= 0.6 is 0 Å². The summed E-state index contributed by atoms with van der Waals surface area (Å²) in [5.41, 5.74) is 0.366. The van der Waals surface area contributed by atoms with Crippen molar-refractivity contribution in [3.8, 4) is 0 Å². The number of amides is 1. The molecule has 10 heteroatoms. The zero-order valence-corrected chi connectivity index (χ0v) is 15.3. The molecule has 1 atom stereocenters. The summed E-state index contributed by atoms with van der Waals surface area (Å²) >= 11 is 0. The summed E-state index contributed by atoms with van der Waals surface area (Å²) < 4.78 is 49.5. The molecule has 7 nitrogen and oxygen atoms in total. The zero-order valence-electron chi connectivity index (χ0n) is 14.5. The highest BCUT2D eigenvalue weighted by molar-refractivity contribution is 7.91. The summed E-state index contributed by atoms with van der Waals surface area (Å²) in [4.78, 5) is 14.1. The van der Waals surface area contributed by atoms with Crippen molar-refractivity contribution < 1.29 is 22.0 Å². The molecule has 0 aliphatic carbocycles. The van der Waals surface area contributed by atoms with E-state index in [0.717, 1.165) is 12.1 Å². The molecular formula is C17H18F2N4O3S. The minimum absolute atomic E-state index is 0.0459. The van der Waals surface area contributed by atoms with E-state index >= 15 is 0 Å². The van der Waals surface area contributed by atoms with E-state index < -0.39 is 27.4 Å². The molecule has 1 aromatic carbocycles. The standard InChI is InChI=1S/C17H18F2N4O3S/c1-2-23(12-7-8-27(25,26)10-12)17(24)15-5-6-16(22-21-15)20-11-3-4-13(18)14(19)9-11/h3-6,9,12H,2,7-8,10H2,1H3,(H,20,22). The summed E-state index contributed by atoms with van der Waals surface area (Å²) in [6.07, 6.45) is 0.408. The van der Waals surface area contributed by atoms with Gasteiger partial charge in [0.2, 0.25) is 0 Å². The van der Waals surface area contributed by atoms with Gasteiger partial charge >= 0.3 is 0 Å². The molecule has 1 amide bonds. The highest BCUT2D eigenvalue weighted by Gasteiger charge is 2.34. The molecule has 1 N–H and O–H groups in total. The number of sulfone groups is 1. The SMILES string of the molecule is CCN(C(=O)c1ccc(Nc2ccc(F)c(F)c2)nn1)C1CCS(=O)(=O)C1. The Bertz CT molecular complexity index is 951. The molecular weight excluding hydrogens is 378 g/mol. The number of halogens is 2. The number of aromatic nitrogens is 2. The predicted octanol–water partition coefficient (Wildman–Crippen LogP) is 2.15. The molecule has 0 radical (unpaired) electrons. The Kier molecular flexibility index (Phi) is 5.36. The number of hydrogen-bond acceptors (Lipinski definition) is 6. The van der Waals surface area contributed by atoms with E-state index in [4.69, 9.17) is 0 Å². The summed E-state index contributed by atoms with van der Waals surface area (Å²) in [5.74, 6) is -2.07. The third-order valence-electron chi connectivity index (χ3n) is 4.33. The van der Waals surface area contributed by atoms with Crippen LogP contribution in [0, 0.1) is 11.6 Å². The summed E-state index contributed by atoms with van der Waals surface area (Å²) in [6, 6.07) is 5.88. The Hall–Kier alpha value is -2.62. The molecule has 144 valence electrons. The van der Waals surface area contributed by atoms with E-state index in [-0.39, 0.29) is 34.7 Å². The average Bonchev–Trinajstić information content (AvgIpc) is 2.99. The Morgan fingerprint density at radius 1 is 1.22 bits per heavy atom. The van der Waals surface area contributed by atoms with Gasteiger partial charge in [-0.15, -0.1) is 10.2 Å². The lowest BCUT2D eigenvalue weighted by Gasteiger charge is -2.26. The first-order valence-corrected chi connectivity index (χ1v) is 10.2. The molecule has 3 rings (SSSR count). The number of carbonyl (C=O) groups excluding carboxylic acids is 1. The Balaban J connectivity index is 1.72. The fraction of sp³-hybridized carbons (Fsp3) is 0.353. The van der Waals surface area contributed by atoms with Crippen LogP contribution in [0.1, 0.15) is 23.8 Å². The topological polar surface area (TPSA) is 92.3 Å². The van der Waals surface area contributed by atoms with E-state index in [1.165, 1.54) is 23.1 Å². The van der Waals surface area contributed by atoms with Crippen LogP contribution in [0.4, 0.5) is 20.3 Å². The van der Waals surface area contributed by atoms with Crippen molar-refractivity contribution >= 4 is 27.2 Å². The maximum atomic E-state index is 13.2. The lowest BCUT2D eigenvalue weighted by atomic mass is 10.2. The number of hydrogen-bond donors (Lipinski definition) is 1. The van der Waals surface area contributed by atoms with Gasteiger partial charge in [0.05, 0.1) is 11.5 Å². The third-order valence-corrected chi connectivity index (χ3v) is 6.08. The van der Waals surface area contributed by atoms with Crippen LogP contribution in [0.5, 0.6) is 0 Å². The molecule has 1 aliphatic rings. The van der Waals surface area contributed by atoms with Crippen LogP contribution in [-0.2, 0) is 9.84 Å². The van der Waals surface area contributed by atoms with Crippen LogP contribution < -0.4 is 5.32 Å². The van der Waals surface area contributed by atoms with Gasteiger partial charge in [0.15, 0.2) is 33.0 Å². The van der Waals surface area contributed by atoms with E-state index in [1.54, 1.807) is 6.92 Å². The van der Waals surface area contributed by atoms with Crippen molar-refractivity contribution in [2.24, 2.45) is 0 Å². The molecule has 2 aromatic rings. The number of anilines is 2. The highest BCUT2D eigenvalue weighted by atomic mass is 32.2. The van der Waals surface area contributed by atoms with Gasteiger partial charge in [0.1, 0.15) is 0 Å². The van der Waals surface area contributed by atoms with Crippen LogP contribution in [0.15, 0.2) is 30.3 Å². The Morgan fingerprint density at radius 2 is 2.00 bits per heavy atom. The molecule has 1 aromatic heterocycles. The molecule has 0 bridgehead atoms. The summed E-state index contributed by atoms with van der Waals surface area (Å²) in [5, 5.41) is 10.5. The lowest BCUT2D eigenvalue weighted by molar-refractivity contribution is 0.0701. The number of carbonyl (C=O) groups is 1. The lowest BCUT2D eigenvalue weighted by Crippen LogP contribution is -2.41. The fourth-order valence-corrected chi connectivity index (χ4v) is 4.70. The van der Waals surface area contributed by atoms with Gasteiger partial charge in [-0.05, 0) is 37.6 Å². The monoisotopic (exact) mass is 396 g/mol. The first-order chi connectivity index (χ1) is 12.8. The Labute approximate surface area is 155 Å². The van der Waals surface area contributed by atoms with Gasteiger partial charge in [0, 0.05) is 24.3 Å². The Morgan fingerprint density at radius 3 is 2.56 bits per heavy atom. The first-order valence-electron chi connectivity index (χ1n) is 8.36. The van der Waals surface area contributed by atoms with Crippen molar-refractivity contribution in [2.75, 3.05) is 23.4 Å². The van der Waals surface area contributed by atoms with Crippen LogP contribution in [0.2, 0.25) is 0 Å². The van der Waals surface area contributed by atoms with E-state index in [9.17, 15) is 22.0 Å². The second kappa shape index (κ2) is 7.55. The number of rotatable bonds is 5. The highest BCUT2D eigenvalue weighted by Crippen LogP contribution is 2.20. The van der Waals surface area contributed by atoms with Crippen molar-refractivity contribution in [2.45, 2.75) is 19.4 Å². The van der Waals surface area contributed by atoms with E-state index in [2.05, 4.69) is 15.5 Å². The minimum atomic E-state index is -3.11. The first kappa shape index (κ1) is 19.2. The summed E-state index contributed by atoms with van der Waals surface area (Å²) in [7, 11) is -3.11. The quantitative estimate of drug-likeness (QED) is 0.833. The molecule has 0 spiro atoms. The van der Waals surface area contributed by atoms with Gasteiger partial charge in [-0.25, -0.2) is 17.2 Å². The molecule has 1 unspecified atom stereocenters. The van der Waals surface area contributed by atoms with E-state index in [0.29, 0.717) is 13.0 Å². The van der Waals surface area contributed by atoms with Gasteiger partial charge < -0.3 is 10.2 Å². The number of benzene rings is 1. The van der Waals surface area contributed by atoms with Crippen LogP contribution in [0.25, 0.3) is 0 Å². The van der Waals surface area contributed by atoms with Gasteiger partial charge in [0.25, 0.3) is 5.91 Å². The smallest absolute Gasteiger partial charge is 0.274 e. The van der Waals surface area contributed by atoms with Crippen molar-refractivity contribution in [3.63, 3.8) is 0 Å². The minimum Gasteiger partial charge on any atom is -0.339 e. The predicted molar refractivity (Wildman–Crippen MR) is 95.4 cm³/mol. The van der Waals surface area contributed by atoms with Crippen molar-refractivity contribution in [3.05, 3.63) is 47.7 Å². The van der Waals surface area contributed by atoms with Gasteiger partial charge in [-0.1, -0.05) is 0 Å². The summed E-state index contributed by atoms with van der Waals surface area (Å²) in [6.45, 7) is 2.13. The second-order valence-corrected chi connectivity index (χ2v) is 8.43. The normalized spacial score (nSPS) is 18.3. The van der Waals surface area contributed by atoms with Crippen molar-refractivity contribution in [1.29, 1.82) is 0 Å². The number of nitrogens with one attached hydrogen (secondary N) is 1. The second-order valence-electron chi connectivity index (χ2n) is 6.21. The molecule has 1 saturated heterocycles. The third kappa shape index (κ3) is 4.38. The maximum absolute atomic E-state index is 13.2. The average molecular weight is 396 g/mol. The zero-order chi connectivity index (χ0) is 19.6. The molecule has 2 heterocycles. The molecule has 27 heavy (non-hydrogen) atoms. The maximum Gasteiger partial charge on any atom is 0.274 e. The van der Waals surface area contributed by atoms with Crippen LogP contribution in [0.3, 0.4) is 0 Å². The molecule has 0 saturated carbocycles. The van der Waals surface area contributed by atoms with Gasteiger partial charge in [-0.3, -0.25) is 4.79 Å². The largest absolute Gasteiger partial charge is 0.339 e. The fourth-order valence-electron chi connectivity index (χ4n) is 2.97. The van der Waals surface area contributed by atoms with E-state index in [1.807, 2.05) is 0 Å². The number of nitrogens with zero attached hydrogens (tertiary/aromatic N) is 3.